The normalized spacial score (nSPS) is 12.9. The Bertz CT molecular complexity index is 1270. The van der Waals surface area contributed by atoms with Crippen molar-refractivity contribution in [1.29, 1.82) is 0 Å². The average molecular weight is 472 g/mol. The number of amides is 2. The van der Waals surface area contributed by atoms with Gasteiger partial charge in [-0.2, -0.15) is 0 Å². The summed E-state index contributed by atoms with van der Waals surface area (Å²) >= 11 is 0. The molecule has 0 aliphatic carbocycles. The molecular formula is C23H19F3N4O4. The van der Waals surface area contributed by atoms with Gasteiger partial charge in [0.15, 0.2) is 11.4 Å². The van der Waals surface area contributed by atoms with E-state index in [4.69, 9.17) is 12.8 Å². The van der Waals surface area contributed by atoms with Gasteiger partial charge >= 0.3 is 0 Å². The van der Waals surface area contributed by atoms with Gasteiger partial charge in [0.2, 0.25) is 5.43 Å². The number of carbonyl (C=O) groups is 2. The van der Waals surface area contributed by atoms with Crippen molar-refractivity contribution in [3.63, 3.8) is 0 Å². The molecule has 1 aromatic heterocycles. The highest BCUT2D eigenvalue weighted by molar-refractivity contribution is 5.99. The molecule has 1 aromatic carbocycles. The van der Waals surface area contributed by atoms with Crippen LogP contribution in [0.25, 0.3) is 0 Å². The summed E-state index contributed by atoms with van der Waals surface area (Å²) in [6, 6.07) is 0.896. The van der Waals surface area contributed by atoms with Crippen LogP contribution in [0.1, 0.15) is 32.8 Å². The van der Waals surface area contributed by atoms with Gasteiger partial charge in [-0.25, -0.2) is 13.2 Å². The van der Waals surface area contributed by atoms with Crippen LogP contribution < -0.4 is 15.8 Å². The topological polar surface area (TPSA) is 94.9 Å². The van der Waals surface area contributed by atoms with Gasteiger partial charge in [-0.3, -0.25) is 24.1 Å². The lowest BCUT2D eigenvalue weighted by molar-refractivity contribution is 0.0730. The van der Waals surface area contributed by atoms with E-state index in [2.05, 4.69) is 17.2 Å². The van der Waals surface area contributed by atoms with Crippen molar-refractivity contribution in [2.75, 3.05) is 25.3 Å². The number of aromatic hydroxyl groups is 1. The second-order valence-electron chi connectivity index (χ2n) is 7.49. The van der Waals surface area contributed by atoms with E-state index in [1.54, 1.807) is 0 Å². The molecule has 3 rings (SSSR count). The zero-order valence-electron chi connectivity index (χ0n) is 17.9. The van der Waals surface area contributed by atoms with E-state index in [0.29, 0.717) is 18.6 Å². The number of nitrogens with one attached hydrogen (secondary N) is 1. The molecule has 2 heterocycles. The second kappa shape index (κ2) is 9.63. The molecule has 0 spiro atoms. The summed E-state index contributed by atoms with van der Waals surface area (Å²) in [7, 11) is 1.45. The van der Waals surface area contributed by atoms with Gasteiger partial charge in [-0.15, -0.1) is 12.8 Å². The van der Waals surface area contributed by atoms with Gasteiger partial charge in [0, 0.05) is 44.0 Å². The smallest absolute Gasteiger partial charge is 0.277 e. The molecule has 2 amide bonds. The Balaban J connectivity index is 1.95. The third-order valence-corrected chi connectivity index (χ3v) is 5.25. The van der Waals surface area contributed by atoms with Crippen molar-refractivity contribution in [2.24, 2.45) is 5.92 Å². The number of hydrogen-bond acceptors (Lipinski definition) is 5. The number of hydrogen-bond donors (Lipinski definition) is 2. The van der Waals surface area contributed by atoms with Gasteiger partial charge in [-0.05, 0) is 6.42 Å². The van der Waals surface area contributed by atoms with Crippen LogP contribution in [-0.2, 0) is 6.54 Å². The number of terminal acetylenes is 2. The first-order chi connectivity index (χ1) is 16.1. The first-order valence-electron chi connectivity index (χ1n) is 9.92. The Kier molecular flexibility index (Phi) is 6.87. The van der Waals surface area contributed by atoms with Crippen molar-refractivity contribution < 1.29 is 27.9 Å². The minimum absolute atomic E-state index is 0.0308. The van der Waals surface area contributed by atoms with Crippen LogP contribution in [0.5, 0.6) is 5.75 Å². The Morgan fingerprint density at radius 3 is 2.41 bits per heavy atom. The van der Waals surface area contributed by atoms with Gasteiger partial charge in [0.1, 0.15) is 29.7 Å². The van der Waals surface area contributed by atoms with Crippen LogP contribution in [0.15, 0.2) is 23.1 Å². The summed E-state index contributed by atoms with van der Waals surface area (Å²) < 4.78 is 42.0. The van der Waals surface area contributed by atoms with E-state index in [9.17, 15) is 32.7 Å². The first kappa shape index (κ1) is 24.3. The molecule has 0 bridgehead atoms. The standard InChI is InChI=1S/C23H19F3N4O4/c1-4-13(5-2)6-7-29-12-28(3)23(34)19-21(32)20(31)16(11-30(19)29)22(33)27-10-15-17(25)8-14(24)9-18(15)26/h1-2,8-9,11,13,32H,6-7,10,12H2,3H3,(H,27,33). The predicted molar refractivity (Wildman–Crippen MR) is 116 cm³/mol. The Labute approximate surface area is 192 Å². The molecule has 176 valence electrons. The summed E-state index contributed by atoms with van der Waals surface area (Å²) in [5.41, 5.74) is -2.73. The molecule has 34 heavy (non-hydrogen) atoms. The third kappa shape index (κ3) is 4.55. The van der Waals surface area contributed by atoms with E-state index in [1.807, 2.05) is 0 Å². The van der Waals surface area contributed by atoms with Gasteiger partial charge in [-0.1, -0.05) is 11.8 Å². The van der Waals surface area contributed by atoms with Crippen LogP contribution in [0.2, 0.25) is 0 Å². The summed E-state index contributed by atoms with van der Waals surface area (Å²) in [4.78, 5) is 39.1. The van der Waals surface area contributed by atoms with Crippen molar-refractivity contribution in [3.05, 3.63) is 62.8 Å². The molecule has 1 aliphatic heterocycles. The van der Waals surface area contributed by atoms with Crippen LogP contribution in [0.4, 0.5) is 13.2 Å². The van der Waals surface area contributed by atoms with Gasteiger partial charge in [0.05, 0.1) is 5.92 Å². The zero-order valence-corrected chi connectivity index (χ0v) is 17.9. The molecule has 0 saturated carbocycles. The molecule has 0 fully saturated rings. The van der Waals surface area contributed by atoms with Crippen molar-refractivity contribution in [1.82, 2.24) is 14.9 Å². The van der Waals surface area contributed by atoms with Gasteiger partial charge < -0.3 is 15.3 Å². The fourth-order valence-electron chi connectivity index (χ4n) is 3.41. The largest absolute Gasteiger partial charge is 0.502 e. The number of nitrogens with zero attached hydrogens (tertiary/aromatic N) is 3. The molecule has 0 radical (unpaired) electrons. The monoisotopic (exact) mass is 472 g/mol. The lowest BCUT2D eigenvalue weighted by Crippen LogP contribution is -2.53. The Hall–Kier alpha value is -4.38. The molecule has 2 N–H and O–H groups in total. The molecule has 1 aliphatic rings. The van der Waals surface area contributed by atoms with Crippen molar-refractivity contribution >= 4 is 11.8 Å². The Morgan fingerprint density at radius 2 is 1.82 bits per heavy atom. The number of aromatic nitrogens is 1. The second-order valence-corrected chi connectivity index (χ2v) is 7.49. The SMILES string of the molecule is C#CC(C#C)CCN1CN(C)C(=O)c2c(O)c(=O)c(C(=O)NCc3c(F)cc(F)cc3F)cn21. The van der Waals surface area contributed by atoms with E-state index in [0.717, 1.165) is 10.9 Å². The number of fused-ring (bicyclic) bond motifs is 1. The van der Waals surface area contributed by atoms with E-state index >= 15 is 0 Å². The highest BCUT2D eigenvalue weighted by Crippen LogP contribution is 2.21. The maximum absolute atomic E-state index is 13.9. The zero-order chi connectivity index (χ0) is 25.2. The highest BCUT2D eigenvalue weighted by atomic mass is 19.1. The maximum Gasteiger partial charge on any atom is 0.277 e. The first-order valence-corrected chi connectivity index (χ1v) is 9.92. The molecule has 0 saturated heterocycles. The predicted octanol–water partition coefficient (Wildman–Crippen LogP) is 1.16. The molecular weight excluding hydrogens is 453 g/mol. The molecule has 2 aromatic rings. The molecule has 8 nitrogen and oxygen atoms in total. The lowest BCUT2D eigenvalue weighted by atomic mass is 10.1. The fourth-order valence-corrected chi connectivity index (χ4v) is 3.41. The Morgan fingerprint density at radius 1 is 1.21 bits per heavy atom. The van der Waals surface area contributed by atoms with E-state index in [-0.39, 0.29) is 18.9 Å². The van der Waals surface area contributed by atoms with E-state index < -0.39 is 64.0 Å². The molecule has 0 atom stereocenters. The van der Waals surface area contributed by atoms with Crippen molar-refractivity contribution in [2.45, 2.75) is 13.0 Å². The number of rotatable bonds is 6. The quantitative estimate of drug-likeness (QED) is 0.616. The van der Waals surface area contributed by atoms with Crippen LogP contribution in [0, 0.1) is 48.1 Å². The summed E-state index contributed by atoms with van der Waals surface area (Å²) in [6.45, 7) is -0.460. The number of benzene rings is 1. The molecule has 11 heteroatoms. The van der Waals surface area contributed by atoms with Crippen LogP contribution >= 0.6 is 0 Å². The van der Waals surface area contributed by atoms with Gasteiger partial charge in [0.25, 0.3) is 11.8 Å². The third-order valence-electron chi connectivity index (χ3n) is 5.25. The average Bonchev–Trinajstić information content (AvgIpc) is 2.78. The lowest BCUT2D eigenvalue weighted by Gasteiger charge is -2.38. The number of halogens is 3. The minimum Gasteiger partial charge on any atom is -0.502 e. The highest BCUT2D eigenvalue weighted by Gasteiger charge is 2.33. The van der Waals surface area contributed by atoms with Crippen LogP contribution in [-0.4, -0.2) is 46.8 Å². The number of pyridine rings is 1. The molecule has 0 unspecified atom stereocenters. The maximum atomic E-state index is 13.9. The van der Waals surface area contributed by atoms with E-state index in [1.165, 1.54) is 17.0 Å². The summed E-state index contributed by atoms with van der Waals surface area (Å²) in [5, 5.41) is 14.1. The van der Waals surface area contributed by atoms with Crippen LogP contribution in [0.3, 0.4) is 0 Å². The number of carbonyl (C=O) groups excluding carboxylic acids is 2. The fraction of sp³-hybridized carbons (Fsp3) is 0.261. The van der Waals surface area contributed by atoms with Crippen molar-refractivity contribution in [3.8, 4) is 30.4 Å². The minimum atomic E-state index is -1.22. The summed E-state index contributed by atoms with van der Waals surface area (Å²) in [5.74, 6) is -1.94. The summed E-state index contributed by atoms with van der Waals surface area (Å²) in [6.07, 6.45) is 12.1.